The topological polar surface area (TPSA) is 87.2 Å². The molecule has 1 N–H and O–H groups in total. The van der Waals surface area contributed by atoms with Crippen molar-refractivity contribution in [3.8, 4) is 11.1 Å². The molecule has 0 radical (unpaired) electrons. The zero-order valence-electron chi connectivity index (χ0n) is 21.7. The Hall–Kier alpha value is -3.56. The number of hydrogen-bond acceptors (Lipinski definition) is 6. The van der Waals surface area contributed by atoms with Gasteiger partial charge in [-0.05, 0) is 56.2 Å². The molecule has 1 saturated heterocycles. The highest BCUT2D eigenvalue weighted by Gasteiger charge is 2.26. The number of pyridine rings is 2. The Labute approximate surface area is 225 Å². The summed E-state index contributed by atoms with van der Waals surface area (Å²) in [4.78, 5) is 32.8. The lowest BCUT2D eigenvalue weighted by Gasteiger charge is -2.35. The lowest BCUT2D eigenvalue weighted by Crippen LogP contribution is -2.49. The third kappa shape index (κ3) is 6.11. The molecular weight excluding hydrogens is 507 g/mol. The van der Waals surface area contributed by atoms with Gasteiger partial charge < -0.3 is 14.6 Å². The fourth-order valence-corrected chi connectivity index (χ4v) is 4.81. The quantitative estimate of drug-likeness (QED) is 0.364. The van der Waals surface area contributed by atoms with Gasteiger partial charge in [-0.2, -0.15) is 0 Å². The summed E-state index contributed by atoms with van der Waals surface area (Å²) in [7, 11) is 0. The van der Waals surface area contributed by atoms with Gasteiger partial charge in [-0.15, -0.1) is 0 Å². The van der Waals surface area contributed by atoms with E-state index < -0.39 is 11.4 Å². The van der Waals surface area contributed by atoms with Crippen LogP contribution in [0.25, 0.3) is 22.2 Å². The van der Waals surface area contributed by atoms with Crippen molar-refractivity contribution in [3.63, 3.8) is 0 Å². The number of fused-ring (bicyclic) bond motifs is 1. The van der Waals surface area contributed by atoms with E-state index in [0.29, 0.717) is 30.6 Å². The minimum atomic E-state index is -0.491. The van der Waals surface area contributed by atoms with Crippen LogP contribution in [-0.4, -0.2) is 67.6 Å². The third-order valence-corrected chi connectivity index (χ3v) is 6.62. The first-order chi connectivity index (χ1) is 18.1. The number of aromatic nitrogens is 4. The molecule has 0 saturated carbocycles. The van der Waals surface area contributed by atoms with Gasteiger partial charge >= 0.3 is 6.09 Å². The average Bonchev–Trinajstić information content (AvgIpc) is 3.25. The van der Waals surface area contributed by atoms with Crippen molar-refractivity contribution < 1.29 is 13.9 Å². The first-order valence-corrected chi connectivity index (χ1v) is 12.9. The molecular formula is C28H30ClFN6O2. The number of H-pyrrole nitrogens is 1. The third-order valence-electron chi connectivity index (χ3n) is 6.33. The lowest BCUT2D eigenvalue weighted by molar-refractivity contribution is 0.0139. The second-order valence-corrected chi connectivity index (χ2v) is 10.9. The molecule has 1 aromatic carbocycles. The van der Waals surface area contributed by atoms with Gasteiger partial charge in [-0.3, -0.25) is 14.9 Å². The number of ether oxygens (including phenoxy) is 1. The van der Waals surface area contributed by atoms with Gasteiger partial charge in [0.1, 0.15) is 11.4 Å². The number of hydrogen-bond donors (Lipinski definition) is 1. The van der Waals surface area contributed by atoms with E-state index in [-0.39, 0.29) is 11.1 Å². The Morgan fingerprint density at radius 3 is 2.66 bits per heavy atom. The predicted octanol–water partition coefficient (Wildman–Crippen LogP) is 5.46. The molecule has 4 aromatic rings. The molecule has 0 bridgehead atoms. The average molecular weight is 537 g/mol. The Kier molecular flexibility index (Phi) is 7.32. The Bertz CT molecular complexity index is 1440. The SMILES string of the molecule is CC(C)(C)OC(=O)N1CCN(Cc2ccnc(Cc3nc4ccc(-c5c(F)cncc5Cl)cc4[nH]3)c2)CC1. The van der Waals surface area contributed by atoms with E-state index in [1.165, 1.54) is 6.20 Å². The molecule has 38 heavy (non-hydrogen) atoms. The van der Waals surface area contributed by atoms with Crippen LogP contribution < -0.4 is 0 Å². The predicted molar refractivity (Wildman–Crippen MR) is 144 cm³/mol. The zero-order chi connectivity index (χ0) is 26.9. The van der Waals surface area contributed by atoms with E-state index in [2.05, 4.69) is 30.9 Å². The maximum absolute atomic E-state index is 14.3. The number of aromatic amines is 1. The van der Waals surface area contributed by atoms with Crippen LogP contribution in [0.4, 0.5) is 9.18 Å². The largest absolute Gasteiger partial charge is 0.444 e. The van der Waals surface area contributed by atoms with Crippen LogP contribution in [0.15, 0.2) is 48.9 Å². The van der Waals surface area contributed by atoms with E-state index in [4.69, 9.17) is 16.3 Å². The van der Waals surface area contributed by atoms with Crippen molar-refractivity contribution in [3.05, 3.63) is 76.8 Å². The summed E-state index contributed by atoms with van der Waals surface area (Å²) < 4.78 is 19.8. The van der Waals surface area contributed by atoms with Gasteiger partial charge in [-0.25, -0.2) is 14.2 Å². The van der Waals surface area contributed by atoms with Crippen molar-refractivity contribution >= 4 is 28.7 Å². The van der Waals surface area contributed by atoms with Crippen LogP contribution in [0.5, 0.6) is 0 Å². The first kappa shape index (κ1) is 26.1. The summed E-state index contributed by atoms with van der Waals surface area (Å²) in [6, 6.07) is 9.60. The van der Waals surface area contributed by atoms with Gasteiger partial charge in [0, 0.05) is 62.8 Å². The number of halogens is 2. The number of nitrogens with zero attached hydrogens (tertiary/aromatic N) is 5. The van der Waals surface area contributed by atoms with Crippen molar-refractivity contribution in [2.45, 2.75) is 39.3 Å². The normalized spacial score (nSPS) is 14.7. The molecule has 0 spiro atoms. The summed E-state index contributed by atoms with van der Waals surface area (Å²) in [6.45, 7) is 9.26. The van der Waals surface area contributed by atoms with Gasteiger partial charge in [0.05, 0.1) is 22.3 Å². The minimum Gasteiger partial charge on any atom is -0.444 e. The zero-order valence-corrected chi connectivity index (χ0v) is 22.4. The number of carbonyl (C=O) groups is 1. The number of rotatable bonds is 5. The van der Waals surface area contributed by atoms with Gasteiger partial charge in [0.2, 0.25) is 0 Å². The number of imidazole rings is 1. The molecule has 8 nitrogen and oxygen atoms in total. The molecule has 0 unspecified atom stereocenters. The molecule has 0 aliphatic carbocycles. The first-order valence-electron chi connectivity index (χ1n) is 12.6. The van der Waals surface area contributed by atoms with Crippen LogP contribution in [0, 0.1) is 5.82 Å². The summed E-state index contributed by atoms with van der Waals surface area (Å²) in [6.07, 6.45) is 4.69. The molecule has 0 atom stereocenters. The molecule has 1 aliphatic heterocycles. The van der Waals surface area contributed by atoms with Gasteiger partial charge in [0.25, 0.3) is 0 Å². The number of carbonyl (C=O) groups excluding carboxylic acids is 1. The van der Waals surface area contributed by atoms with Crippen molar-refractivity contribution in [1.82, 2.24) is 29.7 Å². The summed E-state index contributed by atoms with van der Waals surface area (Å²) in [5.74, 6) is 0.304. The minimum absolute atomic E-state index is 0.254. The molecule has 5 rings (SSSR count). The monoisotopic (exact) mass is 536 g/mol. The lowest BCUT2D eigenvalue weighted by atomic mass is 10.1. The van der Waals surface area contributed by atoms with Crippen LogP contribution in [-0.2, 0) is 17.7 Å². The molecule has 198 valence electrons. The number of benzene rings is 1. The molecule has 10 heteroatoms. The highest BCUT2D eigenvalue weighted by atomic mass is 35.5. The maximum atomic E-state index is 14.3. The Balaban J connectivity index is 1.23. The summed E-state index contributed by atoms with van der Waals surface area (Å²) in [5.41, 5.74) is 4.12. The second-order valence-electron chi connectivity index (χ2n) is 10.5. The second kappa shape index (κ2) is 10.7. The fourth-order valence-electron chi connectivity index (χ4n) is 4.56. The van der Waals surface area contributed by atoms with Crippen LogP contribution in [0.3, 0.4) is 0 Å². The molecule has 1 aliphatic rings. The highest BCUT2D eigenvalue weighted by molar-refractivity contribution is 6.33. The van der Waals surface area contributed by atoms with Crippen LogP contribution in [0.1, 0.15) is 37.9 Å². The molecule has 3 aromatic heterocycles. The van der Waals surface area contributed by atoms with E-state index in [1.54, 1.807) is 11.0 Å². The van der Waals surface area contributed by atoms with Crippen molar-refractivity contribution in [2.75, 3.05) is 26.2 Å². The van der Waals surface area contributed by atoms with E-state index >= 15 is 0 Å². The molecule has 1 amide bonds. The fraction of sp³-hybridized carbons (Fsp3) is 0.357. The number of nitrogens with one attached hydrogen (secondary N) is 1. The van der Waals surface area contributed by atoms with Crippen molar-refractivity contribution in [2.24, 2.45) is 0 Å². The van der Waals surface area contributed by atoms with E-state index in [1.807, 2.05) is 45.2 Å². The Morgan fingerprint density at radius 1 is 1.13 bits per heavy atom. The smallest absolute Gasteiger partial charge is 0.410 e. The number of amides is 1. The van der Waals surface area contributed by atoms with Gasteiger partial charge in [0.15, 0.2) is 5.82 Å². The van der Waals surface area contributed by atoms with E-state index in [0.717, 1.165) is 53.9 Å². The standard InChI is InChI=1S/C28H30ClFN6O2/c1-28(2,3)38-27(37)36-10-8-35(9-11-36)17-18-6-7-32-20(12-18)14-25-33-23-5-4-19(13-24(23)34-25)26-21(29)15-31-16-22(26)30/h4-7,12-13,15-16H,8-11,14,17H2,1-3H3,(H,33,34). The molecule has 1 fully saturated rings. The van der Waals surface area contributed by atoms with Crippen LogP contribution >= 0.6 is 11.6 Å². The van der Waals surface area contributed by atoms with Crippen LogP contribution in [0.2, 0.25) is 5.02 Å². The summed E-state index contributed by atoms with van der Waals surface area (Å²) >= 11 is 6.19. The van der Waals surface area contributed by atoms with Gasteiger partial charge in [-0.1, -0.05) is 17.7 Å². The Morgan fingerprint density at radius 2 is 1.92 bits per heavy atom. The maximum Gasteiger partial charge on any atom is 0.410 e. The molecule has 4 heterocycles. The van der Waals surface area contributed by atoms with E-state index in [9.17, 15) is 9.18 Å². The summed E-state index contributed by atoms with van der Waals surface area (Å²) in [5, 5.41) is 0.261. The number of piperazine rings is 1. The highest BCUT2D eigenvalue weighted by Crippen LogP contribution is 2.31. The van der Waals surface area contributed by atoms with Crippen molar-refractivity contribution in [1.29, 1.82) is 0 Å².